The molecular formula is C20H22N4O3. The highest BCUT2D eigenvalue weighted by Crippen LogP contribution is 2.19. The highest BCUT2D eigenvalue weighted by atomic mass is 16.5. The molecule has 7 heteroatoms. The summed E-state index contributed by atoms with van der Waals surface area (Å²) in [6.07, 6.45) is 8.01. The number of allylic oxidation sites excluding steroid dienone is 4. The summed E-state index contributed by atoms with van der Waals surface area (Å²) < 4.78 is 12.7. The number of carbonyl (C=O) groups excluding carboxylic acids is 1. The zero-order valence-electron chi connectivity index (χ0n) is 15.3. The molecule has 0 N–H and O–H groups in total. The maximum Gasteiger partial charge on any atom is 0.272 e. The van der Waals surface area contributed by atoms with Gasteiger partial charge in [0.25, 0.3) is 5.91 Å². The van der Waals surface area contributed by atoms with E-state index in [9.17, 15) is 4.79 Å². The van der Waals surface area contributed by atoms with E-state index in [1.807, 2.05) is 30.4 Å². The number of rotatable bonds is 6. The minimum Gasteiger partial charge on any atom is -0.492 e. The van der Waals surface area contributed by atoms with Crippen LogP contribution in [-0.2, 0) is 24.4 Å². The zero-order valence-corrected chi connectivity index (χ0v) is 15.3. The van der Waals surface area contributed by atoms with Crippen LogP contribution in [0, 0.1) is 0 Å². The number of pyridine rings is 1. The van der Waals surface area contributed by atoms with E-state index in [-0.39, 0.29) is 5.91 Å². The summed E-state index contributed by atoms with van der Waals surface area (Å²) in [5, 5.41) is 4.52. The van der Waals surface area contributed by atoms with Crippen LogP contribution in [0.2, 0.25) is 0 Å². The zero-order chi connectivity index (χ0) is 18.6. The van der Waals surface area contributed by atoms with E-state index in [0.29, 0.717) is 37.8 Å². The van der Waals surface area contributed by atoms with Crippen molar-refractivity contribution < 1.29 is 14.3 Å². The quantitative estimate of drug-likeness (QED) is 0.786. The monoisotopic (exact) mass is 366 g/mol. The lowest BCUT2D eigenvalue weighted by Gasteiger charge is -2.27. The molecule has 1 amide bonds. The normalized spacial score (nSPS) is 16.1. The van der Waals surface area contributed by atoms with Gasteiger partial charge in [-0.15, -0.1) is 0 Å². The van der Waals surface area contributed by atoms with E-state index < -0.39 is 0 Å². The van der Waals surface area contributed by atoms with Crippen molar-refractivity contribution in [3.8, 4) is 5.88 Å². The van der Waals surface area contributed by atoms with Crippen LogP contribution in [-0.4, -0.2) is 39.2 Å². The third kappa shape index (κ3) is 3.86. The average molecular weight is 366 g/mol. The van der Waals surface area contributed by atoms with Gasteiger partial charge < -0.3 is 14.4 Å². The molecule has 2 aromatic rings. The van der Waals surface area contributed by atoms with Crippen LogP contribution in [0.3, 0.4) is 0 Å². The van der Waals surface area contributed by atoms with Crippen LogP contribution in [0.5, 0.6) is 5.88 Å². The van der Waals surface area contributed by atoms with Gasteiger partial charge in [-0.05, 0) is 24.6 Å². The Morgan fingerprint density at radius 3 is 2.96 bits per heavy atom. The summed E-state index contributed by atoms with van der Waals surface area (Å²) in [4.78, 5) is 19.0. The number of hydrogen-bond acceptors (Lipinski definition) is 5. The summed E-state index contributed by atoms with van der Waals surface area (Å²) in [5.74, 6) is 1.47. The Morgan fingerprint density at radius 1 is 1.22 bits per heavy atom. The van der Waals surface area contributed by atoms with E-state index in [2.05, 4.69) is 16.2 Å². The number of nitrogens with zero attached hydrogens (tertiary/aromatic N) is 4. The van der Waals surface area contributed by atoms with E-state index >= 15 is 0 Å². The molecule has 1 aliphatic heterocycles. The van der Waals surface area contributed by atoms with Gasteiger partial charge in [0, 0.05) is 19.0 Å². The van der Waals surface area contributed by atoms with E-state index in [4.69, 9.17) is 9.47 Å². The van der Waals surface area contributed by atoms with E-state index in [1.54, 1.807) is 22.8 Å². The van der Waals surface area contributed by atoms with Crippen LogP contribution in [0.25, 0.3) is 0 Å². The van der Waals surface area contributed by atoms with Crippen molar-refractivity contribution in [1.29, 1.82) is 0 Å². The molecule has 0 bridgehead atoms. The predicted molar refractivity (Wildman–Crippen MR) is 99.0 cm³/mol. The van der Waals surface area contributed by atoms with Crippen molar-refractivity contribution in [3.63, 3.8) is 0 Å². The second-order valence-corrected chi connectivity index (χ2v) is 6.53. The number of ether oxygens (including phenoxy) is 2. The largest absolute Gasteiger partial charge is 0.492 e. The fraction of sp³-hybridized carbons (Fsp3) is 0.350. The fourth-order valence-corrected chi connectivity index (χ4v) is 3.24. The molecule has 2 aromatic heterocycles. The summed E-state index contributed by atoms with van der Waals surface area (Å²) >= 11 is 0. The lowest BCUT2D eigenvalue weighted by Crippen LogP contribution is -2.40. The Hall–Kier alpha value is -3.09. The van der Waals surface area contributed by atoms with Crippen LogP contribution in [0.4, 0.5) is 0 Å². The molecule has 0 unspecified atom stereocenters. The first-order valence-corrected chi connectivity index (χ1v) is 9.07. The lowest BCUT2D eigenvalue weighted by molar-refractivity contribution is 0.0680. The van der Waals surface area contributed by atoms with E-state index in [0.717, 1.165) is 30.0 Å². The van der Waals surface area contributed by atoms with Crippen LogP contribution in [0.15, 0.2) is 48.3 Å². The Morgan fingerprint density at radius 2 is 2.15 bits per heavy atom. The minimum atomic E-state index is -0.0376. The molecule has 27 heavy (non-hydrogen) atoms. The van der Waals surface area contributed by atoms with Gasteiger partial charge in [0.1, 0.15) is 18.0 Å². The second-order valence-electron chi connectivity index (χ2n) is 6.53. The standard InChI is InChI=1S/C20H22N4O3/c1-26-19-9-5-6-15(21-19)13-23-10-11-24-18(20(23)25)12-16(22-24)14-27-17-7-3-2-4-8-17/h2-3,5-7,9,12H,4,8,10-11,13-14H2,1H3. The third-order valence-electron chi connectivity index (χ3n) is 4.64. The molecule has 0 aromatic carbocycles. The smallest absolute Gasteiger partial charge is 0.272 e. The molecule has 1 aliphatic carbocycles. The molecule has 140 valence electrons. The molecule has 7 nitrogen and oxygen atoms in total. The maximum atomic E-state index is 12.8. The summed E-state index contributed by atoms with van der Waals surface area (Å²) in [6.45, 7) is 2.09. The Labute approximate surface area is 157 Å². The number of fused-ring (bicyclic) bond motifs is 1. The van der Waals surface area contributed by atoms with Gasteiger partial charge in [-0.1, -0.05) is 18.2 Å². The van der Waals surface area contributed by atoms with Crippen molar-refractivity contribution in [2.75, 3.05) is 13.7 Å². The van der Waals surface area contributed by atoms with Crippen LogP contribution in [0.1, 0.15) is 34.7 Å². The van der Waals surface area contributed by atoms with Crippen molar-refractivity contribution in [2.45, 2.75) is 32.5 Å². The van der Waals surface area contributed by atoms with Crippen molar-refractivity contribution in [1.82, 2.24) is 19.7 Å². The van der Waals surface area contributed by atoms with Gasteiger partial charge in [-0.3, -0.25) is 9.48 Å². The number of carbonyl (C=O) groups is 1. The summed E-state index contributed by atoms with van der Waals surface area (Å²) in [5.41, 5.74) is 2.17. The first-order valence-electron chi connectivity index (χ1n) is 9.07. The highest BCUT2D eigenvalue weighted by Gasteiger charge is 2.27. The van der Waals surface area contributed by atoms with Gasteiger partial charge in [0.05, 0.1) is 31.7 Å². The molecule has 2 aliphatic rings. The molecule has 0 spiro atoms. The minimum absolute atomic E-state index is 0.0376. The van der Waals surface area contributed by atoms with Gasteiger partial charge in [-0.2, -0.15) is 5.10 Å². The highest BCUT2D eigenvalue weighted by molar-refractivity contribution is 5.93. The number of methoxy groups -OCH3 is 1. The Kier molecular flexibility index (Phi) is 4.91. The molecule has 0 saturated carbocycles. The van der Waals surface area contributed by atoms with Gasteiger partial charge in [0.15, 0.2) is 0 Å². The van der Waals surface area contributed by atoms with Gasteiger partial charge in [-0.25, -0.2) is 4.98 Å². The Balaban J connectivity index is 1.43. The molecule has 0 atom stereocenters. The third-order valence-corrected chi connectivity index (χ3v) is 4.64. The van der Waals surface area contributed by atoms with Crippen molar-refractivity contribution in [3.05, 3.63) is 65.3 Å². The van der Waals surface area contributed by atoms with Crippen molar-refractivity contribution >= 4 is 5.91 Å². The van der Waals surface area contributed by atoms with E-state index in [1.165, 1.54) is 0 Å². The predicted octanol–water partition coefficient (Wildman–Crippen LogP) is 2.69. The summed E-state index contributed by atoms with van der Waals surface area (Å²) in [7, 11) is 1.58. The lowest BCUT2D eigenvalue weighted by atomic mass is 10.2. The molecule has 0 fully saturated rings. The van der Waals surface area contributed by atoms with Crippen LogP contribution < -0.4 is 4.74 Å². The molecule has 3 heterocycles. The number of aromatic nitrogens is 3. The van der Waals surface area contributed by atoms with Gasteiger partial charge in [0.2, 0.25) is 5.88 Å². The molecule has 0 saturated heterocycles. The molecule has 4 rings (SSSR count). The van der Waals surface area contributed by atoms with Gasteiger partial charge >= 0.3 is 0 Å². The SMILES string of the molecule is COc1cccc(CN2CCn3nc(COC4=CC=CCC4)cc3C2=O)n1. The number of hydrogen-bond donors (Lipinski definition) is 0. The summed E-state index contributed by atoms with van der Waals surface area (Å²) in [6, 6.07) is 7.39. The average Bonchev–Trinajstić information content (AvgIpc) is 3.14. The van der Waals surface area contributed by atoms with Crippen molar-refractivity contribution in [2.24, 2.45) is 0 Å². The molecule has 0 radical (unpaired) electrons. The first-order chi connectivity index (χ1) is 13.2. The topological polar surface area (TPSA) is 69.5 Å². The Bertz CT molecular complexity index is 900. The fourth-order valence-electron chi connectivity index (χ4n) is 3.24. The molecular weight excluding hydrogens is 344 g/mol. The second kappa shape index (κ2) is 7.65. The van der Waals surface area contributed by atoms with Crippen LogP contribution >= 0.6 is 0 Å². The maximum absolute atomic E-state index is 12.8. The number of amides is 1. The first kappa shape index (κ1) is 17.3.